The lowest BCUT2D eigenvalue weighted by Gasteiger charge is -2.32. The van der Waals surface area contributed by atoms with Crippen molar-refractivity contribution in [1.29, 1.82) is 0 Å². The number of rotatable bonds is 1. The van der Waals surface area contributed by atoms with Crippen LogP contribution < -0.4 is 4.74 Å². The molecule has 0 saturated carbocycles. The van der Waals surface area contributed by atoms with Crippen molar-refractivity contribution in [2.24, 2.45) is 5.92 Å². The van der Waals surface area contributed by atoms with Gasteiger partial charge in [0.1, 0.15) is 5.75 Å². The van der Waals surface area contributed by atoms with Crippen LogP contribution in [0, 0.1) is 5.92 Å². The first-order valence-corrected chi connectivity index (χ1v) is 6.57. The Balaban J connectivity index is 2.10. The molecule has 3 heteroatoms. The van der Waals surface area contributed by atoms with E-state index in [4.69, 9.17) is 4.74 Å². The van der Waals surface area contributed by atoms with Crippen LogP contribution in [0.15, 0.2) is 18.2 Å². The number of methoxy groups -OCH3 is 1. The molecular weight excluding hydrogens is 226 g/mol. The van der Waals surface area contributed by atoms with Crippen molar-refractivity contribution in [1.82, 2.24) is 4.90 Å². The molecule has 1 aromatic rings. The fourth-order valence-corrected chi connectivity index (χ4v) is 3.71. The third-order valence-electron chi connectivity index (χ3n) is 4.63. The molecule has 3 nitrogen and oxygen atoms in total. The molecule has 0 spiro atoms. The van der Waals surface area contributed by atoms with E-state index in [2.05, 4.69) is 13.0 Å². The van der Waals surface area contributed by atoms with E-state index in [1.807, 2.05) is 24.1 Å². The highest BCUT2D eigenvalue weighted by atomic mass is 16.5. The van der Waals surface area contributed by atoms with Crippen molar-refractivity contribution in [2.75, 3.05) is 14.2 Å². The minimum absolute atomic E-state index is 0.0890. The molecule has 1 amide bonds. The van der Waals surface area contributed by atoms with E-state index in [0.29, 0.717) is 12.0 Å². The molecular formula is C15H19NO2. The molecule has 2 aliphatic rings. The highest BCUT2D eigenvalue weighted by Crippen LogP contribution is 2.46. The smallest absolute Gasteiger partial charge is 0.226 e. The Labute approximate surface area is 108 Å². The molecule has 0 unspecified atom stereocenters. The molecule has 1 saturated heterocycles. The predicted octanol–water partition coefficient (Wildman–Crippen LogP) is 2.20. The van der Waals surface area contributed by atoms with E-state index < -0.39 is 0 Å². The Hall–Kier alpha value is -1.51. The van der Waals surface area contributed by atoms with Crippen LogP contribution in [0.1, 0.15) is 30.4 Å². The van der Waals surface area contributed by atoms with Crippen molar-refractivity contribution in [3.63, 3.8) is 0 Å². The fourth-order valence-electron chi connectivity index (χ4n) is 3.71. The number of fused-ring (bicyclic) bond motifs is 3. The molecule has 1 aliphatic carbocycles. The van der Waals surface area contributed by atoms with Gasteiger partial charge in [-0.2, -0.15) is 0 Å². The van der Waals surface area contributed by atoms with Crippen LogP contribution in [0.4, 0.5) is 0 Å². The van der Waals surface area contributed by atoms with Crippen LogP contribution in [0.25, 0.3) is 0 Å². The summed E-state index contributed by atoms with van der Waals surface area (Å²) in [5.41, 5.74) is 2.62. The molecule has 1 heterocycles. The molecule has 96 valence electrons. The molecule has 0 aromatic heterocycles. The van der Waals surface area contributed by atoms with Gasteiger partial charge in [-0.25, -0.2) is 0 Å². The molecule has 0 N–H and O–H groups in total. The van der Waals surface area contributed by atoms with Crippen molar-refractivity contribution < 1.29 is 9.53 Å². The molecule has 3 rings (SSSR count). The lowest BCUT2D eigenvalue weighted by molar-refractivity contribution is -0.130. The number of carbonyl (C=O) groups is 1. The minimum atomic E-state index is 0.0890. The molecule has 0 bridgehead atoms. The maximum Gasteiger partial charge on any atom is 0.226 e. The molecule has 1 aliphatic heterocycles. The maximum atomic E-state index is 12.1. The third-order valence-corrected chi connectivity index (χ3v) is 4.63. The number of carbonyl (C=O) groups excluding carboxylic acids is 1. The molecule has 3 atom stereocenters. The Morgan fingerprint density at radius 3 is 2.89 bits per heavy atom. The summed E-state index contributed by atoms with van der Waals surface area (Å²) in [7, 11) is 3.66. The second kappa shape index (κ2) is 4.01. The Morgan fingerprint density at radius 2 is 2.17 bits per heavy atom. The van der Waals surface area contributed by atoms with E-state index in [9.17, 15) is 4.79 Å². The van der Waals surface area contributed by atoms with Crippen LogP contribution in [-0.4, -0.2) is 31.0 Å². The zero-order valence-corrected chi connectivity index (χ0v) is 11.1. The summed E-state index contributed by atoms with van der Waals surface area (Å²) in [6.07, 6.45) is 2.05. The fraction of sp³-hybridized carbons (Fsp3) is 0.533. The van der Waals surface area contributed by atoms with Crippen LogP contribution in [0.5, 0.6) is 5.75 Å². The second-order valence-corrected chi connectivity index (χ2v) is 5.40. The van der Waals surface area contributed by atoms with Crippen molar-refractivity contribution >= 4 is 5.91 Å². The van der Waals surface area contributed by atoms with Gasteiger partial charge < -0.3 is 9.64 Å². The maximum absolute atomic E-state index is 12.1. The van der Waals surface area contributed by atoms with Crippen molar-refractivity contribution in [3.05, 3.63) is 29.3 Å². The zero-order valence-electron chi connectivity index (χ0n) is 11.1. The highest BCUT2D eigenvalue weighted by Gasteiger charge is 2.47. The first-order chi connectivity index (χ1) is 8.65. The SMILES string of the molecule is COc1cccc2c1CC[C@H]1[C@@H]2[C@@H](C)C(=O)N1C. The minimum Gasteiger partial charge on any atom is -0.496 e. The van der Waals surface area contributed by atoms with Crippen molar-refractivity contribution in [3.8, 4) is 5.75 Å². The first kappa shape index (κ1) is 11.6. The summed E-state index contributed by atoms with van der Waals surface area (Å²) < 4.78 is 5.45. The number of ether oxygens (including phenoxy) is 1. The number of benzene rings is 1. The monoisotopic (exact) mass is 245 g/mol. The van der Waals surface area contributed by atoms with Crippen LogP contribution >= 0.6 is 0 Å². The molecule has 0 radical (unpaired) electrons. The summed E-state index contributed by atoms with van der Waals surface area (Å²) in [6.45, 7) is 2.05. The van der Waals surface area contributed by atoms with Gasteiger partial charge in [-0.3, -0.25) is 4.79 Å². The quantitative estimate of drug-likeness (QED) is 0.759. The number of amides is 1. The summed E-state index contributed by atoms with van der Waals surface area (Å²) in [6, 6.07) is 6.59. The van der Waals surface area contributed by atoms with E-state index in [1.54, 1.807) is 7.11 Å². The summed E-state index contributed by atoms with van der Waals surface area (Å²) in [5, 5.41) is 0. The van der Waals surface area contributed by atoms with Gasteiger partial charge in [0.15, 0.2) is 0 Å². The molecule has 18 heavy (non-hydrogen) atoms. The van der Waals surface area contributed by atoms with E-state index >= 15 is 0 Å². The van der Waals surface area contributed by atoms with Crippen molar-refractivity contribution in [2.45, 2.75) is 31.7 Å². The van der Waals surface area contributed by atoms with Crippen LogP contribution in [-0.2, 0) is 11.2 Å². The van der Waals surface area contributed by atoms with Gasteiger partial charge in [0, 0.05) is 24.9 Å². The first-order valence-electron chi connectivity index (χ1n) is 6.57. The predicted molar refractivity (Wildman–Crippen MR) is 69.8 cm³/mol. The van der Waals surface area contributed by atoms with Gasteiger partial charge >= 0.3 is 0 Å². The number of likely N-dealkylation sites (N-methyl/N-ethyl adjacent to an activating group) is 1. The normalized spacial score (nSPS) is 30.1. The van der Waals surface area contributed by atoms with E-state index in [-0.39, 0.29) is 11.8 Å². The third kappa shape index (κ3) is 1.39. The van der Waals surface area contributed by atoms with E-state index in [0.717, 1.165) is 18.6 Å². The lowest BCUT2D eigenvalue weighted by atomic mass is 9.75. The molecule has 1 fully saturated rings. The van der Waals surface area contributed by atoms with Gasteiger partial charge in [0.2, 0.25) is 5.91 Å². The number of hydrogen-bond acceptors (Lipinski definition) is 2. The Kier molecular flexibility index (Phi) is 2.58. The van der Waals surface area contributed by atoms with Gasteiger partial charge in [-0.15, -0.1) is 0 Å². The lowest BCUT2D eigenvalue weighted by Crippen LogP contribution is -2.33. The standard InChI is InChI=1S/C15H19NO2/c1-9-14-11-5-4-6-13(18-3)10(11)7-8-12(14)16(2)15(9)17/h4-6,9,12,14H,7-8H2,1-3H3/t9-,12+,14-/m1/s1. The van der Waals surface area contributed by atoms with E-state index in [1.165, 1.54) is 11.1 Å². The summed E-state index contributed by atoms with van der Waals surface area (Å²) in [4.78, 5) is 14.1. The Morgan fingerprint density at radius 1 is 1.39 bits per heavy atom. The van der Waals surface area contributed by atoms with Gasteiger partial charge in [0.25, 0.3) is 0 Å². The average Bonchev–Trinajstić information content (AvgIpc) is 2.63. The zero-order chi connectivity index (χ0) is 12.9. The van der Waals surface area contributed by atoms with Gasteiger partial charge in [-0.05, 0) is 30.0 Å². The molecule has 1 aromatic carbocycles. The number of nitrogens with zero attached hydrogens (tertiary/aromatic N) is 1. The number of hydrogen-bond donors (Lipinski definition) is 0. The van der Waals surface area contributed by atoms with Gasteiger partial charge in [0.05, 0.1) is 7.11 Å². The van der Waals surface area contributed by atoms with Gasteiger partial charge in [-0.1, -0.05) is 19.1 Å². The van der Waals surface area contributed by atoms with Crippen LogP contribution in [0.2, 0.25) is 0 Å². The summed E-state index contributed by atoms with van der Waals surface area (Å²) in [5.74, 6) is 1.67. The topological polar surface area (TPSA) is 29.5 Å². The largest absolute Gasteiger partial charge is 0.496 e. The highest BCUT2D eigenvalue weighted by molar-refractivity contribution is 5.83. The Bertz CT molecular complexity index is 497. The second-order valence-electron chi connectivity index (χ2n) is 5.40. The number of likely N-dealkylation sites (tertiary alicyclic amines) is 1. The van der Waals surface area contributed by atoms with Crippen LogP contribution in [0.3, 0.4) is 0 Å². The average molecular weight is 245 g/mol. The summed E-state index contributed by atoms with van der Waals surface area (Å²) >= 11 is 0.